The summed E-state index contributed by atoms with van der Waals surface area (Å²) in [7, 11) is 0. The van der Waals surface area contributed by atoms with Crippen LogP contribution in [0, 0.1) is 0 Å². The highest BCUT2D eigenvalue weighted by molar-refractivity contribution is 7.10. The summed E-state index contributed by atoms with van der Waals surface area (Å²) >= 11 is 1.78. The van der Waals surface area contributed by atoms with Gasteiger partial charge in [-0.2, -0.15) is 0 Å². The first kappa shape index (κ1) is 15.2. The van der Waals surface area contributed by atoms with Crippen molar-refractivity contribution in [3.63, 3.8) is 0 Å². The Bertz CT molecular complexity index is 886. The summed E-state index contributed by atoms with van der Waals surface area (Å²) in [6.07, 6.45) is 0.944. The third kappa shape index (κ3) is 2.78. The second-order valence-electron chi connectivity index (χ2n) is 6.11. The van der Waals surface area contributed by atoms with Crippen LogP contribution in [0.2, 0.25) is 0 Å². The molecule has 1 aliphatic rings. The van der Waals surface area contributed by atoms with Crippen LogP contribution >= 0.6 is 11.3 Å². The second-order valence-corrected chi connectivity index (χ2v) is 7.11. The highest BCUT2D eigenvalue weighted by Crippen LogP contribution is 2.32. The summed E-state index contributed by atoms with van der Waals surface area (Å²) in [4.78, 5) is 15.9. The lowest BCUT2D eigenvalue weighted by atomic mass is 10.0. The fourth-order valence-corrected chi connectivity index (χ4v) is 4.30. The average Bonchev–Trinajstić information content (AvgIpc) is 3.09. The van der Waals surface area contributed by atoms with Gasteiger partial charge in [-0.3, -0.25) is 4.79 Å². The molecule has 0 bridgehead atoms. The topological polar surface area (TPSA) is 29.5 Å². The standard InChI is InChI=1S/C20H19NO2S/c1-14-18-9-11-24-19(18)8-10-21(14)20(22)13-23-17-7-6-15-4-2-3-5-16(15)12-17/h2-7,9,11-12,14H,8,10,13H2,1H3/t14-/m0/s1. The van der Waals surface area contributed by atoms with Gasteiger partial charge in [-0.15, -0.1) is 11.3 Å². The molecule has 0 N–H and O–H groups in total. The van der Waals surface area contributed by atoms with E-state index in [0.717, 1.165) is 24.1 Å². The van der Waals surface area contributed by atoms with E-state index in [-0.39, 0.29) is 18.6 Å². The van der Waals surface area contributed by atoms with Gasteiger partial charge in [-0.25, -0.2) is 0 Å². The van der Waals surface area contributed by atoms with E-state index in [1.54, 1.807) is 11.3 Å². The third-order valence-electron chi connectivity index (χ3n) is 4.68. The maximum Gasteiger partial charge on any atom is 0.261 e. The molecule has 122 valence electrons. The fourth-order valence-electron chi connectivity index (χ4n) is 3.34. The maximum atomic E-state index is 12.6. The van der Waals surface area contributed by atoms with Crippen molar-refractivity contribution >= 4 is 28.0 Å². The van der Waals surface area contributed by atoms with Crippen LogP contribution in [0.4, 0.5) is 0 Å². The SMILES string of the molecule is C[C@H]1c2ccsc2CCN1C(=O)COc1ccc2ccccc2c1. The molecule has 1 aliphatic heterocycles. The van der Waals surface area contributed by atoms with E-state index in [1.165, 1.54) is 15.8 Å². The molecule has 1 amide bonds. The summed E-state index contributed by atoms with van der Waals surface area (Å²) in [6, 6.07) is 16.3. The van der Waals surface area contributed by atoms with Crippen LogP contribution < -0.4 is 4.74 Å². The Labute approximate surface area is 145 Å². The van der Waals surface area contributed by atoms with Gasteiger partial charge in [-0.1, -0.05) is 30.3 Å². The lowest BCUT2D eigenvalue weighted by Gasteiger charge is -2.33. The lowest BCUT2D eigenvalue weighted by molar-refractivity contribution is -0.135. The van der Waals surface area contributed by atoms with Crippen molar-refractivity contribution in [3.05, 3.63) is 64.4 Å². The molecule has 0 saturated carbocycles. The maximum absolute atomic E-state index is 12.6. The molecule has 4 rings (SSSR count). The molecule has 0 aliphatic carbocycles. The van der Waals surface area contributed by atoms with Crippen molar-refractivity contribution < 1.29 is 9.53 Å². The predicted octanol–water partition coefficient (Wildman–Crippen LogP) is 4.43. The molecule has 0 radical (unpaired) electrons. The third-order valence-corrected chi connectivity index (χ3v) is 5.68. The number of nitrogens with zero attached hydrogens (tertiary/aromatic N) is 1. The van der Waals surface area contributed by atoms with Gasteiger partial charge in [0.2, 0.25) is 0 Å². The van der Waals surface area contributed by atoms with Crippen molar-refractivity contribution in [1.82, 2.24) is 4.90 Å². The predicted molar refractivity (Wildman–Crippen MR) is 97.6 cm³/mol. The van der Waals surface area contributed by atoms with E-state index in [0.29, 0.717) is 0 Å². The number of carbonyl (C=O) groups is 1. The molecular weight excluding hydrogens is 318 g/mol. The summed E-state index contributed by atoms with van der Waals surface area (Å²) < 4.78 is 5.76. The summed E-state index contributed by atoms with van der Waals surface area (Å²) in [5.74, 6) is 0.787. The van der Waals surface area contributed by atoms with Crippen LogP contribution in [-0.2, 0) is 11.2 Å². The summed E-state index contributed by atoms with van der Waals surface area (Å²) in [5, 5.41) is 4.41. The molecule has 0 unspecified atom stereocenters. The summed E-state index contributed by atoms with van der Waals surface area (Å²) in [5.41, 5.74) is 1.28. The monoisotopic (exact) mass is 337 g/mol. The van der Waals surface area contributed by atoms with E-state index in [9.17, 15) is 4.79 Å². The molecule has 2 aromatic carbocycles. The first-order valence-electron chi connectivity index (χ1n) is 8.20. The van der Waals surface area contributed by atoms with Crippen LogP contribution in [0.15, 0.2) is 53.9 Å². The normalized spacial score (nSPS) is 16.9. The first-order chi connectivity index (χ1) is 11.7. The largest absolute Gasteiger partial charge is 0.484 e. The molecular formula is C20H19NO2S. The van der Waals surface area contributed by atoms with Crippen LogP contribution in [-0.4, -0.2) is 24.0 Å². The van der Waals surface area contributed by atoms with Gasteiger partial charge in [0, 0.05) is 11.4 Å². The molecule has 4 heteroatoms. The number of ether oxygens (including phenoxy) is 1. The van der Waals surface area contributed by atoms with Crippen molar-refractivity contribution in [1.29, 1.82) is 0 Å². The second kappa shape index (κ2) is 6.29. The Morgan fingerprint density at radius 3 is 2.92 bits per heavy atom. The van der Waals surface area contributed by atoms with Crippen LogP contribution in [0.5, 0.6) is 5.75 Å². The molecule has 0 spiro atoms. The van der Waals surface area contributed by atoms with Gasteiger partial charge in [0.1, 0.15) is 5.75 Å². The number of thiophene rings is 1. The number of fused-ring (bicyclic) bond motifs is 2. The summed E-state index contributed by atoms with van der Waals surface area (Å²) in [6.45, 7) is 2.95. The van der Waals surface area contributed by atoms with Crippen molar-refractivity contribution in [2.75, 3.05) is 13.2 Å². The van der Waals surface area contributed by atoms with Crippen LogP contribution in [0.1, 0.15) is 23.4 Å². The smallest absolute Gasteiger partial charge is 0.261 e. The quantitative estimate of drug-likeness (QED) is 0.708. The zero-order chi connectivity index (χ0) is 16.5. The van der Waals surface area contributed by atoms with Crippen LogP contribution in [0.25, 0.3) is 10.8 Å². The van der Waals surface area contributed by atoms with Gasteiger partial charge in [0.05, 0.1) is 6.04 Å². The van der Waals surface area contributed by atoms with E-state index >= 15 is 0 Å². The lowest BCUT2D eigenvalue weighted by Crippen LogP contribution is -2.40. The molecule has 3 nitrogen and oxygen atoms in total. The Balaban J connectivity index is 1.44. The first-order valence-corrected chi connectivity index (χ1v) is 9.07. The number of carbonyl (C=O) groups excluding carboxylic acids is 1. The number of rotatable bonds is 3. The molecule has 1 aromatic heterocycles. The van der Waals surface area contributed by atoms with Gasteiger partial charge in [-0.05, 0) is 53.3 Å². The molecule has 0 fully saturated rings. The molecule has 1 atom stereocenters. The van der Waals surface area contributed by atoms with Gasteiger partial charge in [0.25, 0.3) is 5.91 Å². The Kier molecular flexibility index (Phi) is 3.98. The Morgan fingerprint density at radius 1 is 1.21 bits per heavy atom. The number of benzene rings is 2. The highest BCUT2D eigenvalue weighted by atomic mass is 32.1. The highest BCUT2D eigenvalue weighted by Gasteiger charge is 2.28. The minimum Gasteiger partial charge on any atom is -0.484 e. The molecule has 24 heavy (non-hydrogen) atoms. The van der Waals surface area contributed by atoms with E-state index in [2.05, 4.69) is 30.5 Å². The Morgan fingerprint density at radius 2 is 2.04 bits per heavy atom. The molecule has 3 aromatic rings. The number of hydrogen-bond donors (Lipinski definition) is 0. The van der Waals surface area contributed by atoms with E-state index in [4.69, 9.17) is 4.74 Å². The van der Waals surface area contributed by atoms with Crippen molar-refractivity contribution in [2.24, 2.45) is 0 Å². The van der Waals surface area contributed by atoms with Gasteiger partial charge in [0.15, 0.2) is 6.61 Å². The number of hydrogen-bond acceptors (Lipinski definition) is 3. The average molecular weight is 337 g/mol. The zero-order valence-electron chi connectivity index (χ0n) is 13.6. The minimum absolute atomic E-state index is 0.0486. The number of amides is 1. The Hall–Kier alpha value is -2.33. The zero-order valence-corrected chi connectivity index (χ0v) is 14.4. The van der Waals surface area contributed by atoms with Crippen molar-refractivity contribution in [3.8, 4) is 5.75 Å². The van der Waals surface area contributed by atoms with Crippen LogP contribution in [0.3, 0.4) is 0 Å². The van der Waals surface area contributed by atoms with Crippen molar-refractivity contribution in [2.45, 2.75) is 19.4 Å². The van der Waals surface area contributed by atoms with Gasteiger partial charge < -0.3 is 9.64 Å². The minimum atomic E-state index is 0.0486. The van der Waals surface area contributed by atoms with E-state index < -0.39 is 0 Å². The van der Waals surface area contributed by atoms with E-state index in [1.807, 2.05) is 35.2 Å². The molecule has 0 saturated heterocycles. The molecule has 2 heterocycles. The van der Waals surface area contributed by atoms with Gasteiger partial charge >= 0.3 is 0 Å². The fraction of sp³-hybridized carbons (Fsp3) is 0.250.